The van der Waals surface area contributed by atoms with E-state index in [-0.39, 0.29) is 5.97 Å². The first-order valence-corrected chi connectivity index (χ1v) is 9.99. The minimum atomic E-state index is -0.279. The zero-order chi connectivity index (χ0) is 18.6. The van der Waals surface area contributed by atoms with E-state index in [1.54, 1.807) is 23.5 Å². The first-order valence-electron chi connectivity index (χ1n) is 9.17. The van der Waals surface area contributed by atoms with Gasteiger partial charge in [-0.2, -0.15) is 5.26 Å². The highest BCUT2D eigenvalue weighted by Crippen LogP contribution is 2.30. The number of rotatable bonds is 3. The lowest BCUT2D eigenvalue weighted by Gasteiger charge is -2.05. The Bertz CT molecular complexity index is 971. The van der Waals surface area contributed by atoms with Crippen LogP contribution in [0, 0.1) is 11.3 Å². The molecule has 0 aliphatic heterocycles. The van der Waals surface area contributed by atoms with Crippen LogP contribution in [-0.2, 0) is 12.8 Å². The molecular formula is C23H19NO2S. The minimum Gasteiger partial charge on any atom is -0.422 e. The Morgan fingerprint density at radius 3 is 2.30 bits per heavy atom. The average molecular weight is 373 g/mol. The van der Waals surface area contributed by atoms with Crippen molar-refractivity contribution >= 4 is 17.3 Å². The van der Waals surface area contributed by atoms with Crippen LogP contribution in [0.4, 0.5) is 0 Å². The molecule has 0 N–H and O–H groups in total. The molecule has 0 amide bonds. The van der Waals surface area contributed by atoms with Crippen LogP contribution >= 0.6 is 11.3 Å². The highest BCUT2D eigenvalue weighted by atomic mass is 32.1. The maximum absolute atomic E-state index is 12.5. The van der Waals surface area contributed by atoms with Crippen LogP contribution in [0.1, 0.15) is 44.9 Å². The van der Waals surface area contributed by atoms with Crippen molar-refractivity contribution in [3.05, 3.63) is 75.5 Å². The van der Waals surface area contributed by atoms with Crippen LogP contribution in [0.5, 0.6) is 5.75 Å². The molecule has 0 atom stereocenters. The predicted octanol–water partition coefficient (Wildman–Crippen LogP) is 5.77. The minimum absolute atomic E-state index is 0.279. The third-order valence-electron chi connectivity index (χ3n) is 4.86. The molecule has 0 unspecified atom stereocenters. The lowest BCUT2D eigenvalue weighted by atomic mass is 10.0. The van der Waals surface area contributed by atoms with Crippen molar-refractivity contribution in [2.75, 3.05) is 0 Å². The number of ether oxygens (including phenoxy) is 1. The Labute approximate surface area is 162 Å². The molecule has 1 aliphatic rings. The lowest BCUT2D eigenvalue weighted by Crippen LogP contribution is -2.06. The van der Waals surface area contributed by atoms with Gasteiger partial charge in [-0.3, -0.25) is 0 Å². The van der Waals surface area contributed by atoms with E-state index >= 15 is 0 Å². The highest BCUT2D eigenvalue weighted by molar-refractivity contribution is 7.14. The molecule has 3 nitrogen and oxygen atoms in total. The molecule has 27 heavy (non-hydrogen) atoms. The maximum Gasteiger partial charge on any atom is 0.353 e. The first kappa shape index (κ1) is 17.5. The van der Waals surface area contributed by atoms with Gasteiger partial charge in [-0.1, -0.05) is 30.7 Å². The summed E-state index contributed by atoms with van der Waals surface area (Å²) in [6, 6.07) is 19.0. The number of hydrogen-bond donors (Lipinski definition) is 0. The topological polar surface area (TPSA) is 50.1 Å². The van der Waals surface area contributed by atoms with Gasteiger partial charge in [-0.05, 0) is 72.7 Å². The summed E-state index contributed by atoms with van der Waals surface area (Å²) < 4.78 is 5.57. The summed E-state index contributed by atoms with van der Waals surface area (Å²) in [4.78, 5) is 14.5. The van der Waals surface area contributed by atoms with Crippen LogP contribution < -0.4 is 4.74 Å². The van der Waals surface area contributed by atoms with Crippen molar-refractivity contribution in [1.82, 2.24) is 0 Å². The van der Waals surface area contributed by atoms with E-state index in [1.807, 2.05) is 42.5 Å². The number of fused-ring (bicyclic) bond motifs is 1. The van der Waals surface area contributed by atoms with E-state index in [0.717, 1.165) is 24.0 Å². The third-order valence-corrected chi connectivity index (χ3v) is 6.08. The second-order valence-electron chi connectivity index (χ2n) is 6.72. The van der Waals surface area contributed by atoms with Crippen LogP contribution in [0.3, 0.4) is 0 Å². The Morgan fingerprint density at radius 1 is 0.926 bits per heavy atom. The molecule has 3 aromatic rings. The van der Waals surface area contributed by atoms with Gasteiger partial charge in [0.05, 0.1) is 11.6 Å². The molecule has 2 aromatic carbocycles. The van der Waals surface area contributed by atoms with Gasteiger partial charge in [0.25, 0.3) is 0 Å². The molecule has 0 fully saturated rings. The van der Waals surface area contributed by atoms with Gasteiger partial charge < -0.3 is 4.74 Å². The number of esters is 1. The molecular weight excluding hydrogens is 354 g/mol. The number of carbonyl (C=O) groups excluding carboxylic acids is 1. The molecule has 0 saturated carbocycles. The molecule has 0 spiro atoms. The van der Waals surface area contributed by atoms with E-state index in [2.05, 4.69) is 6.07 Å². The van der Waals surface area contributed by atoms with Crippen molar-refractivity contribution in [3.8, 4) is 22.9 Å². The average Bonchev–Trinajstić information content (AvgIpc) is 2.99. The number of nitriles is 1. The molecule has 0 saturated heterocycles. The molecule has 1 heterocycles. The van der Waals surface area contributed by atoms with Crippen molar-refractivity contribution < 1.29 is 9.53 Å². The van der Waals surface area contributed by atoms with Gasteiger partial charge in [0.2, 0.25) is 0 Å². The second kappa shape index (κ2) is 7.77. The molecule has 0 bridgehead atoms. The van der Waals surface area contributed by atoms with E-state index < -0.39 is 0 Å². The number of hydrogen-bond acceptors (Lipinski definition) is 4. The lowest BCUT2D eigenvalue weighted by molar-refractivity contribution is 0.0740. The summed E-state index contributed by atoms with van der Waals surface area (Å²) in [5.74, 6) is 0.264. The van der Waals surface area contributed by atoms with Gasteiger partial charge in [0, 0.05) is 4.88 Å². The Kier molecular flexibility index (Phi) is 5.04. The summed E-state index contributed by atoms with van der Waals surface area (Å²) in [5, 5.41) is 8.88. The molecule has 4 rings (SSSR count). The van der Waals surface area contributed by atoms with Crippen LogP contribution in [0.2, 0.25) is 0 Å². The number of carbonyl (C=O) groups is 1. The quantitative estimate of drug-likeness (QED) is 0.332. The van der Waals surface area contributed by atoms with Crippen molar-refractivity contribution in [3.63, 3.8) is 0 Å². The van der Waals surface area contributed by atoms with Crippen LogP contribution in [0.15, 0.2) is 54.6 Å². The van der Waals surface area contributed by atoms with E-state index in [0.29, 0.717) is 16.2 Å². The zero-order valence-corrected chi connectivity index (χ0v) is 15.7. The molecule has 4 heteroatoms. The monoisotopic (exact) mass is 373 g/mol. The number of aryl methyl sites for hydroxylation is 2. The summed E-state index contributed by atoms with van der Waals surface area (Å²) in [7, 11) is 0. The molecule has 134 valence electrons. The zero-order valence-electron chi connectivity index (χ0n) is 14.9. The fourth-order valence-corrected chi connectivity index (χ4v) is 4.51. The van der Waals surface area contributed by atoms with Gasteiger partial charge in [-0.25, -0.2) is 4.79 Å². The van der Waals surface area contributed by atoms with Crippen LogP contribution in [0.25, 0.3) is 11.1 Å². The summed E-state index contributed by atoms with van der Waals surface area (Å²) in [6.07, 6.45) is 5.82. The van der Waals surface area contributed by atoms with Crippen molar-refractivity contribution in [1.29, 1.82) is 5.26 Å². The SMILES string of the molecule is N#Cc1ccc(-c2ccc(OC(=O)c3cc4c(s3)CCCCC4)cc2)cc1. The summed E-state index contributed by atoms with van der Waals surface area (Å²) in [6.45, 7) is 0. The second-order valence-corrected chi connectivity index (χ2v) is 7.86. The number of nitrogens with zero attached hydrogens (tertiary/aromatic N) is 1. The standard InChI is InChI=1S/C23H19NO2S/c24-15-16-6-8-17(9-7-16)18-10-12-20(13-11-18)26-23(25)22-14-19-4-2-1-3-5-21(19)27-22/h6-14H,1-5H2. The largest absolute Gasteiger partial charge is 0.422 e. The highest BCUT2D eigenvalue weighted by Gasteiger charge is 2.18. The molecule has 1 aliphatic carbocycles. The molecule has 0 radical (unpaired) electrons. The van der Waals surface area contributed by atoms with Crippen molar-refractivity contribution in [2.45, 2.75) is 32.1 Å². The normalized spacial score (nSPS) is 13.3. The van der Waals surface area contributed by atoms with Gasteiger partial charge in [0.1, 0.15) is 10.6 Å². The van der Waals surface area contributed by atoms with Gasteiger partial charge >= 0.3 is 5.97 Å². The summed E-state index contributed by atoms with van der Waals surface area (Å²) >= 11 is 1.58. The van der Waals surface area contributed by atoms with Crippen molar-refractivity contribution in [2.24, 2.45) is 0 Å². The van der Waals surface area contributed by atoms with Gasteiger partial charge in [-0.15, -0.1) is 11.3 Å². The maximum atomic E-state index is 12.5. The number of benzene rings is 2. The number of thiophene rings is 1. The third kappa shape index (κ3) is 3.94. The van der Waals surface area contributed by atoms with E-state index in [4.69, 9.17) is 10.00 Å². The smallest absolute Gasteiger partial charge is 0.353 e. The molecule has 1 aromatic heterocycles. The first-order chi connectivity index (χ1) is 13.2. The Balaban J connectivity index is 1.46. The summed E-state index contributed by atoms with van der Waals surface area (Å²) in [5.41, 5.74) is 4.00. The Hall–Kier alpha value is -2.90. The fraction of sp³-hybridized carbons (Fsp3) is 0.217. The predicted molar refractivity (Wildman–Crippen MR) is 107 cm³/mol. The van der Waals surface area contributed by atoms with E-state index in [9.17, 15) is 4.79 Å². The van der Waals surface area contributed by atoms with Gasteiger partial charge in [0.15, 0.2) is 0 Å². The van der Waals surface area contributed by atoms with Crippen LogP contribution in [-0.4, -0.2) is 5.97 Å². The van der Waals surface area contributed by atoms with E-state index in [1.165, 1.54) is 29.7 Å². The Morgan fingerprint density at radius 2 is 1.59 bits per heavy atom. The fourth-order valence-electron chi connectivity index (χ4n) is 3.38.